The van der Waals surface area contributed by atoms with E-state index in [1.54, 1.807) is 4.57 Å². The van der Waals surface area contributed by atoms with Crippen molar-refractivity contribution < 1.29 is 19.7 Å². The molecule has 10 nitrogen and oxygen atoms in total. The molecule has 1 fully saturated rings. The van der Waals surface area contributed by atoms with Crippen LogP contribution in [0.3, 0.4) is 0 Å². The second-order valence-electron chi connectivity index (χ2n) is 5.69. The summed E-state index contributed by atoms with van der Waals surface area (Å²) in [6.45, 7) is 2.00. The van der Waals surface area contributed by atoms with E-state index in [0.717, 1.165) is 0 Å². The topological polar surface area (TPSA) is 148 Å². The first-order valence-electron chi connectivity index (χ1n) is 7.76. The smallest absolute Gasteiger partial charge is 0.216 e. The number of nitrogens with zero attached hydrogens (tertiary/aromatic N) is 4. The fourth-order valence-electron chi connectivity index (χ4n) is 2.65. The number of hydrogen-bond acceptors (Lipinski definition) is 9. The number of carbonyl (C=O) groups excluding carboxylic acids is 1. The highest BCUT2D eigenvalue weighted by Gasteiger charge is 2.44. The van der Waals surface area contributed by atoms with Gasteiger partial charge in [0.1, 0.15) is 24.1 Å². The molecule has 0 saturated carbocycles. The van der Waals surface area contributed by atoms with E-state index in [0.29, 0.717) is 29.2 Å². The van der Waals surface area contributed by atoms with Gasteiger partial charge in [-0.3, -0.25) is 9.36 Å². The van der Waals surface area contributed by atoms with E-state index < -0.39 is 24.5 Å². The summed E-state index contributed by atoms with van der Waals surface area (Å²) in [6, 6.07) is 0. The number of anilines is 1. The Morgan fingerprint density at radius 1 is 1.40 bits per heavy atom. The third-order valence-corrected chi connectivity index (χ3v) is 4.96. The van der Waals surface area contributed by atoms with Crippen LogP contribution >= 0.6 is 11.8 Å². The van der Waals surface area contributed by atoms with Crippen molar-refractivity contribution in [3.63, 3.8) is 0 Å². The highest BCUT2D eigenvalue weighted by atomic mass is 32.2. The van der Waals surface area contributed by atoms with Crippen LogP contribution in [-0.4, -0.2) is 72.0 Å². The number of imidazole rings is 1. The molecule has 3 rings (SSSR count). The molecule has 5 N–H and O–H groups in total. The van der Waals surface area contributed by atoms with Gasteiger partial charge in [0.05, 0.1) is 12.4 Å². The Hall–Kier alpha value is -1.95. The molecule has 136 valence electrons. The van der Waals surface area contributed by atoms with Crippen LogP contribution in [0.2, 0.25) is 0 Å². The number of nitrogen functional groups attached to an aromatic ring is 1. The quantitative estimate of drug-likeness (QED) is 0.466. The third kappa shape index (κ3) is 3.68. The molecule has 1 aliphatic heterocycles. The van der Waals surface area contributed by atoms with Gasteiger partial charge in [-0.1, -0.05) is 0 Å². The Labute approximate surface area is 147 Å². The zero-order valence-electron chi connectivity index (χ0n) is 13.6. The van der Waals surface area contributed by atoms with Crippen LogP contribution in [0.1, 0.15) is 13.2 Å². The van der Waals surface area contributed by atoms with E-state index >= 15 is 0 Å². The van der Waals surface area contributed by atoms with Crippen molar-refractivity contribution in [1.82, 2.24) is 24.8 Å². The molecule has 2 aromatic heterocycles. The Morgan fingerprint density at radius 2 is 2.20 bits per heavy atom. The molecular weight excluding hydrogens is 348 g/mol. The molecule has 0 bridgehead atoms. The zero-order chi connectivity index (χ0) is 18.0. The van der Waals surface area contributed by atoms with Gasteiger partial charge in [-0.15, -0.1) is 0 Å². The van der Waals surface area contributed by atoms with Crippen molar-refractivity contribution in [3.8, 4) is 0 Å². The molecule has 4 atom stereocenters. The molecule has 1 amide bonds. The Balaban J connectivity index is 1.65. The Morgan fingerprint density at radius 3 is 2.96 bits per heavy atom. The lowest BCUT2D eigenvalue weighted by Gasteiger charge is -2.16. The Kier molecular flexibility index (Phi) is 5.37. The lowest BCUT2D eigenvalue weighted by molar-refractivity contribution is -0.118. The minimum absolute atomic E-state index is 0.0820. The fourth-order valence-corrected chi connectivity index (χ4v) is 3.57. The van der Waals surface area contributed by atoms with Crippen LogP contribution in [0.15, 0.2) is 12.7 Å². The van der Waals surface area contributed by atoms with E-state index in [4.69, 9.17) is 10.5 Å². The number of aromatic nitrogens is 4. The van der Waals surface area contributed by atoms with Crippen LogP contribution in [0.4, 0.5) is 5.82 Å². The summed E-state index contributed by atoms with van der Waals surface area (Å²) in [4.78, 5) is 23.0. The minimum atomic E-state index is -1.12. The van der Waals surface area contributed by atoms with E-state index in [-0.39, 0.29) is 11.7 Å². The molecule has 3 heterocycles. The SMILES string of the molecule is CC(=O)NCCSC[C@H]1O[C@@H](n2cnc3c(N)ncnc32)[C@H](O)[C@@H]1O. The maximum atomic E-state index is 10.8. The second-order valence-corrected chi connectivity index (χ2v) is 6.84. The molecule has 0 aliphatic carbocycles. The van der Waals surface area contributed by atoms with Gasteiger partial charge in [-0.05, 0) is 0 Å². The number of thioether (sulfide) groups is 1. The fraction of sp³-hybridized carbons (Fsp3) is 0.571. The molecule has 11 heteroatoms. The molecule has 2 aromatic rings. The number of aliphatic hydroxyl groups is 2. The van der Waals surface area contributed by atoms with Crippen LogP contribution in [0.25, 0.3) is 11.2 Å². The number of rotatable bonds is 6. The number of nitrogens with two attached hydrogens (primary N) is 1. The second kappa shape index (κ2) is 7.52. The largest absolute Gasteiger partial charge is 0.387 e. The summed E-state index contributed by atoms with van der Waals surface area (Å²) in [5.41, 5.74) is 6.61. The number of fused-ring (bicyclic) bond motifs is 1. The van der Waals surface area contributed by atoms with Gasteiger partial charge in [0.15, 0.2) is 17.7 Å². The maximum absolute atomic E-state index is 10.8. The normalized spacial score (nSPS) is 26.2. The summed E-state index contributed by atoms with van der Waals surface area (Å²) in [6.07, 6.45) is -0.732. The van der Waals surface area contributed by atoms with Gasteiger partial charge < -0.3 is 26.0 Å². The average molecular weight is 368 g/mol. The lowest BCUT2D eigenvalue weighted by Crippen LogP contribution is -2.33. The van der Waals surface area contributed by atoms with Crippen LogP contribution in [0, 0.1) is 0 Å². The van der Waals surface area contributed by atoms with Gasteiger partial charge in [0, 0.05) is 25.0 Å². The summed E-state index contributed by atoms with van der Waals surface area (Å²) in [5, 5.41) is 23.3. The number of ether oxygens (including phenoxy) is 1. The van der Waals surface area contributed by atoms with Gasteiger partial charge in [0.2, 0.25) is 5.91 Å². The van der Waals surface area contributed by atoms with Gasteiger partial charge in [-0.25, -0.2) is 15.0 Å². The molecule has 0 unspecified atom stereocenters. The van der Waals surface area contributed by atoms with Gasteiger partial charge in [-0.2, -0.15) is 11.8 Å². The first-order valence-corrected chi connectivity index (χ1v) is 8.91. The summed E-state index contributed by atoms with van der Waals surface area (Å²) < 4.78 is 7.36. The molecule has 1 saturated heterocycles. The van der Waals surface area contributed by atoms with Crippen molar-refractivity contribution in [2.75, 3.05) is 23.8 Å². The van der Waals surface area contributed by atoms with Crippen LogP contribution < -0.4 is 11.1 Å². The lowest BCUT2D eigenvalue weighted by atomic mass is 10.1. The standard InChI is InChI=1S/C14H20N6O4S/c1-7(21)16-2-3-25-4-8-10(22)11(23)14(24-8)20-6-19-9-12(15)17-5-18-13(9)20/h5-6,8,10-11,14,22-23H,2-4H2,1H3,(H,16,21)(H2,15,17,18)/t8-,10-,11-,14-/m1/s1. The van der Waals surface area contributed by atoms with Crippen molar-refractivity contribution >= 4 is 34.7 Å². The zero-order valence-corrected chi connectivity index (χ0v) is 14.4. The molecule has 1 aliphatic rings. The Bertz CT molecular complexity index is 756. The minimum Gasteiger partial charge on any atom is -0.387 e. The summed E-state index contributed by atoms with van der Waals surface area (Å²) in [7, 11) is 0. The van der Waals surface area contributed by atoms with E-state index in [1.807, 2.05) is 0 Å². The van der Waals surface area contributed by atoms with E-state index in [9.17, 15) is 15.0 Å². The molecule has 0 spiro atoms. The molecular formula is C14H20N6O4S. The third-order valence-electron chi connectivity index (χ3n) is 3.90. The first kappa shape index (κ1) is 17.9. The summed E-state index contributed by atoms with van der Waals surface area (Å²) >= 11 is 1.52. The molecule has 25 heavy (non-hydrogen) atoms. The van der Waals surface area contributed by atoms with Crippen molar-refractivity contribution in [3.05, 3.63) is 12.7 Å². The van der Waals surface area contributed by atoms with Crippen LogP contribution in [0.5, 0.6) is 0 Å². The van der Waals surface area contributed by atoms with Crippen LogP contribution in [-0.2, 0) is 9.53 Å². The number of amides is 1. The van der Waals surface area contributed by atoms with E-state index in [1.165, 1.54) is 31.3 Å². The van der Waals surface area contributed by atoms with Crippen molar-refractivity contribution in [1.29, 1.82) is 0 Å². The monoisotopic (exact) mass is 368 g/mol. The van der Waals surface area contributed by atoms with Gasteiger partial charge in [0.25, 0.3) is 0 Å². The highest BCUT2D eigenvalue weighted by molar-refractivity contribution is 7.99. The first-order chi connectivity index (χ1) is 12.0. The predicted molar refractivity (Wildman–Crippen MR) is 91.7 cm³/mol. The number of aliphatic hydroxyl groups excluding tert-OH is 2. The number of nitrogens with one attached hydrogen (secondary N) is 1. The summed E-state index contributed by atoms with van der Waals surface area (Å²) in [5.74, 6) is 1.33. The molecule has 0 radical (unpaired) electrons. The average Bonchev–Trinajstić information content (AvgIpc) is 3.11. The predicted octanol–water partition coefficient (Wildman–Crippen LogP) is -1.10. The number of carbonyl (C=O) groups is 1. The highest BCUT2D eigenvalue weighted by Crippen LogP contribution is 2.33. The number of hydrogen-bond donors (Lipinski definition) is 4. The van der Waals surface area contributed by atoms with Crippen molar-refractivity contribution in [2.24, 2.45) is 0 Å². The van der Waals surface area contributed by atoms with Gasteiger partial charge >= 0.3 is 0 Å². The molecule has 0 aromatic carbocycles. The van der Waals surface area contributed by atoms with E-state index in [2.05, 4.69) is 20.3 Å². The van der Waals surface area contributed by atoms with Crippen molar-refractivity contribution in [2.45, 2.75) is 31.5 Å². The maximum Gasteiger partial charge on any atom is 0.216 e.